The second-order valence-electron chi connectivity index (χ2n) is 10.8. The highest BCUT2D eigenvalue weighted by Crippen LogP contribution is 2.84. The molecule has 170 valence electrons. The van der Waals surface area contributed by atoms with E-state index in [1.54, 1.807) is 20.8 Å². The van der Waals surface area contributed by atoms with Crippen LogP contribution in [0, 0.1) is 28.1 Å². The van der Waals surface area contributed by atoms with Crippen LogP contribution in [0.5, 0.6) is 0 Å². The molecule has 11 nitrogen and oxygen atoms in total. The Labute approximate surface area is 176 Å². The maximum Gasteiger partial charge on any atom is 0.343 e. The Balaban J connectivity index is 1.75. The molecule has 0 aromatic rings. The Morgan fingerprint density at radius 1 is 0.935 bits per heavy atom. The van der Waals surface area contributed by atoms with Gasteiger partial charge in [-0.25, -0.2) is 9.59 Å². The van der Waals surface area contributed by atoms with E-state index < -0.39 is 94.0 Å². The minimum absolute atomic E-state index is 0.792. The Hall–Kier alpha value is -1.79. The summed E-state index contributed by atoms with van der Waals surface area (Å²) in [6.45, 7) is 6.63. The SMILES string of the molecule is C[C@@H]1C(=O)OC2[C@H](O)C34[C@@H]5OC(=O)[C@@]3(OC3OC(=O)[C@H](O)[C@@]34[C@H](C(C)(C)C)[C@H]5O)[C@]21O. The fraction of sp³-hybridized carbons (Fsp3) is 0.850. The summed E-state index contributed by atoms with van der Waals surface area (Å²) < 4.78 is 22.2. The summed E-state index contributed by atoms with van der Waals surface area (Å²) in [4.78, 5) is 38.3. The van der Waals surface area contributed by atoms with E-state index in [0.29, 0.717) is 0 Å². The van der Waals surface area contributed by atoms with Gasteiger partial charge in [0.2, 0.25) is 11.9 Å². The zero-order valence-corrected chi connectivity index (χ0v) is 17.3. The first-order valence-corrected chi connectivity index (χ1v) is 10.3. The van der Waals surface area contributed by atoms with Crippen LogP contribution in [0.3, 0.4) is 0 Å². The summed E-state index contributed by atoms with van der Waals surface area (Å²) in [6.07, 6.45) is -9.69. The van der Waals surface area contributed by atoms with Crippen molar-refractivity contribution in [3.63, 3.8) is 0 Å². The normalized spacial score (nSPS) is 61.0. The van der Waals surface area contributed by atoms with Gasteiger partial charge in [0.15, 0.2) is 17.8 Å². The number of esters is 3. The van der Waals surface area contributed by atoms with Crippen LogP contribution in [0.15, 0.2) is 0 Å². The molecule has 4 N–H and O–H groups in total. The van der Waals surface area contributed by atoms with Crippen LogP contribution in [0.2, 0.25) is 0 Å². The molecule has 0 radical (unpaired) electrons. The number of carbonyl (C=O) groups excluding carboxylic acids is 3. The van der Waals surface area contributed by atoms with E-state index in [4.69, 9.17) is 18.9 Å². The molecule has 12 atom stereocenters. The lowest BCUT2D eigenvalue weighted by atomic mass is 9.51. The van der Waals surface area contributed by atoms with Crippen molar-refractivity contribution in [2.24, 2.45) is 28.1 Å². The van der Waals surface area contributed by atoms with Crippen LogP contribution in [0.1, 0.15) is 27.7 Å². The first kappa shape index (κ1) is 19.9. The largest absolute Gasteiger partial charge is 0.456 e. The van der Waals surface area contributed by atoms with E-state index in [-0.39, 0.29) is 0 Å². The van der Waals surface area contributed by atoms with Crippen LogP contribution in [-0.4, -0.2) is 86.3 Å². The van der Waals surface area contributed by atoms with Gasteiger partial charge in [-0.05, 0) is 12.3 Å². The summed E-state index contributed by atoms with van der Waals surface area (Å²) in [5.41, 5.74) is -9.40. The minimum Gasteiger partial charge on any atom is -0.456 e. The first-order chi connectivity index (χ1) is 14.3. The number of fused-ring (bicyclic) bond motifs is 1. The average Bonchev–Trinajstić information content (AvgIpc) is 3.35. The van der Waals surface area contributed by atoms with Crippen molar-refractivity contribution in [3.05, 3.63) is 0 Å². The molecular formula is C20H24O11. The van der Waals surface area contributed by atoms with E-state index in [0.717, 1.165) is 0 Å². The molecule has 11 heteroatoms. The zero-order chi connectivity index (χ0) is 22.7. The van der Waals surface area contributed by atoms with Gasteiger partial charge in [0, 0.05) is 5.92 Å². The van der Waals surface area contributed by atoms with Gasteiger partial charge in [-0.15, -0.1) is 0 Å². The summed E-state index contributed by atoms with van der Waals surface area (Å²) in [6, 6.07) is 0. The van der Waals surface area contributed by atoms with Crippen LogP contribution < -0.4 is 0 Å². The predicted molar refractivity (Wildman–Crippen MR) is 93.4 cm³/mol. The van der Waals surface area contributed by atoms with Gasteiger partial charge in [-0.1, -0.05) is 20.8 Å². The van der Waals surface area contributed by atoms with E-state index in [1.165, 1.54) is 6.92 Å². The molecule has 4 saturated heterocycles. The van der Waals surface area contributed by atoms with Gasteiger partial charge >= 0.3 is 17.9 Å². The topological polar surface area (TPSA) is 169 Å². The van der Waals surface area contributed by atoms with Crippen LogP contribution >= 0.6 is 0 Å². The van der Waals surface area contributed by atoms with E-state index >= 15 is 0 Å². The van der Waals surface area contributed by atoms with Crippen molar-refractivity contribution in [1.29, 1.82) is 0 Å². The number of hydrogen-bond donors (Lipinski definition) is 4. The Bertz CT molecular complexity index is 957. The molecule has 2 saturated carbocycles. The molecule has 3 unspecified atom stereocenters. The summed E-state index contributed by atoms with van der Waals surface area (Å²) in [7, 11) is 0. The number of rotatable bonds is 0. The van der Waals surface area contributed by atoms with Gasteiger partial charge in [0.25, 0.3) is 0 Å². The molecule has 0 amide bonds. The quantitative estimate of drug-likeness (QED) is 0.234. The Kier molecular flexibility index (Phi) is 3.15. The Morgan fingerprint density at radius 3 is 2.19 bits per heavy atom. The lowest BCUT2D eigenvalue weighted by Gasteiger charge is -2.47. The lowest BCUT2D eigenvalue weighted by Crippen LogP contribution is -2.67. The summed E-state index contributed by atoms with van der Waals surface area (Å²) >= 11 is 0. The summed E-state index contributed by atoms with van der Waals surface area (Å²) in [5, 5.41) is 46.1. The van der Waals surface area contributed by atoms with Crippen LogP contribution in [-0.2, 0) is 33.3 Å². The third kappa shape index (κ3) is 1.43. The van der Waals surface area contributed by atoms with Gasteiger partial charge < -0.3 is 39.4 Å². The highest BCUT2D eigenvalue weighted by Gasteiger charge is 3.05. The number of hydrogen-bond acceptors (Lipinski definition) is 11. The molecule has 6 aliphatic rings. The molecule has 4 heterocycles. The number of aliphatic hydroxyl groups is 4. The van der Waals surface area contributed by atoms with Crippen molar-refractivity contribution in [2.75, 3.05) is 0 Å². The van der Waals surface area contributed by atoms with Gasteiger partial charge in [0.05, 0.1) is 22.9 Å². The number of ether oxygens (including phenoxy) is 4. The van der Waals surface area contributed by atoms with Crippen LogP contribution in [0.4, 0.5) is 0 Å². The molecular weight excluding hydrogens is 416 g/mol. The molecule has 31 heavy (non-hydrogen) atoms. The summed E-state index contributed by atoms with van der Waals surface area (Å²) in [5.74, 6) is -5.22. The fourth-order valence-electron chi connectivity index (χ4n) is 8.27. The van der Waals surface area contributed by atoms with Gasteiger partial charge in [-0.2, -0.15) is 0 Å². The third-order valence-corrected chi connectivity index (χ3v) is 8.95. The van der Waals surface area contributed by atoms with Crippen molar-refractivity contribution in [3.8, 4) is 0 Å². The second kappa shape index (κ2) is 4.91. The average molecular weight is 440 g/mol. The molecule has 0 bridgehead atoms. The smallest absolute Gasteiger partial charge is 0.343 e. The molecule has 0 aromatic carbocycles. The maximum absolute atomic E-state index is 13.4. The van der Waals surface area contributed by atoms with Gasteiger partial charge in [-0.3, -0.25) is 4.79 Å². The third-order valence-electron chi connectivity index (χ3n) is 8.95. The fourth-order valence-corrected chi connectivity index (χ4v) is 8.27. The van der Waals surface area contributed by atoms with Crippen LogP contribution in [0.25, 0.3) is 0 Å². The van der Waals surface area contributed by atoms with Crippen molar-refractivity contribution >= 4 is 17.9 Å². The maximum atomic E-state index is 13.4. The first-order valence-electron chi connectivity index (χ1n) is 10.3. The molecule has 6 rings (SSSR count). The molecule has 6 fully saturated rings. The molecule has 0 aromatic heterocycles. The molecule has 2 spiro atoms. The number of carbonyl (C=O) groups is 3. The molecule has 4 aliphatic heterocycles. The van der Waals surface area contributed by atoms with E-state index in [9.17, 15) is 34.8 Å². The predicted octanol–water partition coefficient (Wildman–Crippen LogP) is -2.40. The standard InChI is InChI=1S/C20H24O11/c1-5-12(24)28-11-8(22)18-10-6(21)7(16(2,3)4)17(18)9(23)13(25)30-15(17)31-20(18,14(26)29-10)19(5,11)27/h5-11,15,21-23,27H,1-4H3/t5-,6-,7+,8+,9+,10-,11?,15?,17+,18?,19-,20+/m1/s1. The van der Waals surface area contributed by atoms with Crippen molar-refractivity contribution in [1.82, 2.24) is 0 Å². The van der Waals surface area contributed by atoms with Crippen molar-refractivity contribution in [2.45, 2.75) is 75.7 Å². The molecule has 2 aliphatic carbocycles. The number of aliphatic hydroxyl groups excluding tert-OH is 3. The van der Waals surface area contributed by atoms with Crippen molar-refractivity contribution < 1.29 is 53.8 Å². The Morgan fingerprint density at radius 2 is 1.58 bits per heavy atom. The van der Waals surface area contributed by atoms with E-state index in [1.807, 2.05) is 0 Å². The second-order valence-corrected chi connectivity index (χ2v) is 10.8. The lowest BCUT2D eigenvalue weighted by molar-refractivity contribution is -0.240. The highest BCUT2D eigenvalue weighted by atomic mass is 16.8. The minimum atomic E-state index is -2.40. The van der Waals surface area contributed by atoms with Gasteiger partial charge in [0.1, 0.15) is 12.2 Å². The zero-order valence-electron chi connectivity index (χ0n) is 17.3. The highest BCUT2D eigenvalue weighted by molar-refractivity contribution is 5.94. The van der Waals surface area contributed by atoms with E-state index in [2.05, 4.69) is 0 Å². The monoisotopic (exact) mass is 440 g/mol.